The Morgan fingerprint density at radius 3 is 2.74 bits per heavy atom. The molecule has 2 N–H and O–H groups in total. The second kappa shape index (κ2) is 5.40. The zero-order chi connectivity index (χ0) is 13.2. The molecule has 0 atom stereocenters. The highest BCUT2D eigenvalue weighted by atomic mass is 79.9. The molecule has 0 aliphatic carbocycles. The lowest BCUT2D eigenvalue weighted by molar-refractivity contribution is 0.122. The Morgan fingerprint density at radius 2 is 2.05 bits per heavy atom. The number of morpholine rings is 1. The number of hydrogen-bond acceptors (Lipinski definition) is 7. The van der Waals surface area contributed by atoms with E-state index in [1.165, 1.54) is 0 Å². The molecule has 0 saturated carbocycles. The molecule has 3 heterocycles. The second-order valence-corrected chi connectivity index (χ2v) is 5.78. The molecule has 1 saturated heterocycles. The van der Waals surface area contributed by atoms with E-state index < -0.39 is 0 Å². The molecule has 2 aromatic rings. The van der Waals surface area contributed by atoms with Crippen LogP contribution in [-0.4, -0.2) is 41.3 Å². The molecule has 3 rings (SSSR count). The van der Waals surface area contributed by atoms with Gasteiger partial charge in [-0.1, -0.05) is 0 Å². The van der Waals surface area contributed by atoms with Crippen molar-refractivity contribution in [1.29, 1.82) is 0 Å². The maximum Gasteiger partial charge on any atom is 0.230 e. The molecule has 6 nitrogen and oxygen atoms in total. The number of anilines is 2. The molecule has 1 fully saturated rings. The first-order chi connectivity index (χ1) is 9.24. The Kier molecular flexibility index (Phi) is 3.63. The van der Waals surface area contributed by atoms with Gasteiger partial charge in [0.15, 0.2) is 5.82 Å². The summed E-state index contributed by atoms with van der Waals surface area (Å²) in [6.45, 7) is 2.91. The van der Waals surface area contributed by atoms with Crippen LogP contribution in [0.4, 0.5) is 11.9 Å². The summed E-state index contributed by atoms with van der Waals surface area (Å²) in [4.78, 5) is 16.0. The first kappa shape index (κ1) is 12.8. The van der Waals surface area contributed by atoms with E-state index in [4.69, 9.17) is 10.5 Å². The van der Waals surface area contributed by atoms with E-state index in [2.05, 4.69) is 35.8 Å². The van der Waals surface area contributed by atoms with Crippen molar-refractivity contribution in [3.63, 3.8) is 0 Å². The molecule has 8 heteroatoms. The van der Waals surface area contributed by atoms with Crippen LogP contribution in [0.2, 0.25) is 0 Å². The molecule has 2 aromatic heterocycles. The molecule has 19 heavy (non-hydrogen) atoms. The minimum absolute atomic E-state index is 0.242. The fourth-order valence-corrected chi connectivity index (χ4v) is 3.32. The maximum absolute atomic E-state index is 5.79. The third kappa shape index (κ3) is 2.70. The molecule has 0 aromatic carbocycles. The quantitative estimate of drug-likeness (QED) is 0.897. The van der Waals surface area contributed by atoms with Crippen LogP contribution < -0.4 is 10.6 Å². The minimum Gasteiger partial charge on any atom is -0.378 e. The van der Waals surface area contributed by atoms with Crippen molar-refractivity contribution in [2.45, 2.75) is 0 Å². The van der Waals surface area contributed by atoms with Gasteiger partial charge >= 0.3 is 0 Å². The number of thiophene rings is 1. The lowest BCUT2D eigenvalue weighted by atomic mass is 10.4. The van der Waals surface area contributed by atoms with Gasteiger partial charge in [0.2, 0.25) is 11.9 Å². The summed E-state index contributed by atoms with van der Waals surface area (Å²) in [5.41, 5.74) is 5.79. The van der Waals surface area contributed by atoms with Crippen molar-refractivity contribution < 1.29 is 4.74 Å². The Hall–Kier alpha value is -1.25. The lowest BCUT2D eigenvalue weighted by Gasteiger charge is -2.26. The van der Waals surface area contributed by atoms with Gasteiger partial charge in [0, 0.05) is 17.6 Å². The summed E-state index contributed by atoms with van der Waals surface area (Å²) in [5.74, 6) is 1.47. The summed E-state index contributed by atoms with van der Waals surface area (Å²) < 4.78 is 6.29. The molecule has 0 spiro atoms. The third-order valence-electron chi connectivity index (χ3n) is 2.76. The molecule has 100 valence electrons. The number of nitrogen functional groups attached to an aromatic ring is 1. The minimum atomic E-state index is 0.242. The van der Waals surface area contributed by atoms with Crippen LogP contribution in [0.1, 0.15) is 0 Å². The van der Waals surface area contributed by atoms with Crippen molar-refractivity contribution in [1.82, 2.24) is 15.0 Å². The number of nitrogens with zero attached hydrogens (tertiary/aromatic N) is 4. The van der Waals surface area contributed by atoms with Gasteiger partial charge < -0.3 is 15.4 Å². The van der Waals surface area contributed by atoms with Gasteiger partial charge in [-0.2, -0.15) is 15.0 Å². The van der Waals surface area contributed by atoms with Crippen LogP contribution in [0.5, 0.6) is 0 Å². The van der Waals surface area contributed by atoms with Crippen molar-refractivity contribution in [3.8, 4) is 10.7 Å². The smallest absolute Gasteiger partial charge is 0.230 e. The highest BCUT2D eigenvalue weighted by molar-refractivity contribution is 9.10. The Labute approximate surface area is 122 Å². The fraction of sp³-hybridized carbons (Fsp3) is 0.364. The van der Waals surface area contributed by atoms with Gasteiger partial charge in [-0.15, -0.1) is 11.3 Å². The van der Waals surface area contributed by atoms with Gasteiger partial charge in [0.1, 0.15) is 0 Å². The largest absolute Gasteiger partial charge is 0.378 e. The van der Waals surface area contributed by atoms with Gasteiger partial charge in [-0.25, -0.2) is 0 Å². The molecule has 0 unspecified atom stereocenters. The van der Waals surface area contributed by atoms with E-state index in [0.717, 1.165) is 22.4 Å². The van der Waals surface area contributed by atoms with Crippen LogP contribution in [0.25, 0.3) is 10.7 Å². The Balaban J connectivity index is 1.98. The van der Waals surface area contributed by atoms with Crippen LogP contribution in [0.3, 0.4) is 0 Å². The monoisotopic (exact) mass is 341 g/mol. The Bertz CT molecular complexity index is 584. The van der Waals surface area contributed by atoms with E-state index in [0.29, 0.717) is 25.0 Å². The van der Waals surface area contributed by atoms with Crippen LogP contribution in [-0.2, 0) is 4.74 Å². The molecule has 1 aliphatic rings. The average molecular weight is 342 g/mol. The Morgan fingerprint density at radius 1 is 1.26 bits per heavy atom. The van der Waals surface area contributed by atoms with Crippen molar-refractivity contribution in [2.24, 2.45) is 0 Å². The van der Waals surface area contributed by atoms with E-state index in [1.54, 1.807) is 11.3 Å². The normalized spacial score (nSPS) is 15.7. The summed E-state index contributed by atoms with van der Waals surface area (Å²) in [6, 6.07) is 1.97. The molecule has 0 radical (unpaired) electrons. The number of nitrogens with two attached hydrogens (primary N) is 1. The molecular formula is C11H12BrN5OS. The summed E-state index contributed by atoms with van der Waals surface area (Å²) >= 11 is 5.05. The van der Waals surface area contributed by atoms with Crippen molar-refractivity contribution >= 4 is 39.2 Å². The molecule has 0 amide bonds. The van der Waals surface area contributed by atoms with E-state index in [-0.39, 0.29) is 5.95 Å². The van der Waals surface area contributed by atoms with Gasteiger partial charge in [-0.05, 0) is 27.4 Å². The van der Waals surface area contributed by atoms with Crippen molar-refractivity contribution in [2.75, 3.05) is 36.9 Å². The summed E-state index contributed by atoms with van der Waals surface area (Å²) in [6.07, 6.45) is 0. The van der Waals surface area contributed by atoms with E-state index in [1.807, 2.05) is 11.4 Å². The summed E-state index contributed by atoms with van der Waals surface area (Å²) in [7, 11) is 0. The number of rotatable bonds is 2. The predicted octanol–water partition coefficient (Wildman–Crippen LogP) is 1.78. The zero-order valence-corrected chi connectivity index (χ0v) is 12.4. The standard InChI is InChI=1S/C11H12BrN5OS/c12-7-1-6-19-8(7)9-14-10(13)16-11(15-9)17-2-4-18-5-3-17/h1,6H,2-5H2,(H2,13,14,15,16). The highest BCUT2D eigenvalue weighted by Crippen LogP contribution is 2.32. The van der Waals surface area contributed by atoms with Gasteiger partial charge in [-0.3, -0.25) is 0 Å². The van der Waals surface area contributed by atoms with Gasteiger partial charge in [0.05, 0.1) is 18.1 Å². The third-order valence-corrected chi connectivity index (χ3v) is 4.59. The number of halogens is 1. The summed E-state index contributed by atoms with van der Waals surface area (Å²) in [5, 5.41) is 1.98. The van der Waals surface area contributed by atoms with Crippen LogP contribution in [0.15, 0.2) is 15.9 Å². The van der Waals surface area contributed by atoms with Crippen LogP contribution >= 0.6 is 27.3 Å². The molecule has 0 bridgehead atoms. The highest BCUT2D eigenvalue weighted by Gasteiger charge is 2.17. The first-order valence-corrected chi connectivity index (χ1v) is 7.49. The lowest BCUT2D eigenvalue weighted by Crippen LogP contribution is -2.37. The number of aromatic nitrogens is 3. The average Bonchev–Trinajstić information content (AvgIpc) is 2.85. The van der Waals surface area contributed by atoms with E-state index >= 15 is 0 Å². The van der Waals surface area contributed by atoms with Gasteiger partial charge in [0.25, 0.3) is 0 Å². The number of hydrogen-bond donors (Lipinski definition) is 1. The number of ether oxygens (including phenoxy) is 1. The molecule has 1 aliphatic heterocycles. The van der Waals surface area contributed by atoms with Crippen molar-refractivity contribution in [3.05, 3.63) is 15.9 Å². The maximum atomic E-state index is 5.79. The predicted molar refractivity (Wildman–Crippen MR) is 78.3 cm³/mol. The first-order valence-electron chi connectivity index (χ1n) is 5.81. The van der Waals surface area contributed by atoms with E-state index in [9.17, 15) is 0 Å². The SMILES string of the molecule is Nc1nc(-c2sccc2Br)nc(N2CCOCC2)n1. The fourth-order valence-electron chi connectivity index (χ4n) is 1.84. The topological polar surface area (TPSA) is 77.2 Å². The second-order valence-electron chi connectivity index (χ2n) is 4.01. The van der Waals surface area contributed by atoms with Crippen LogP contribution in [0, 0.1) is 0 Å². The zero-order valence-electron chi connectivity index (χ0n) is 10.0. The molecular weight excluding hydrogens is 330 g/mol.